The third-order valence-electron chi connectivity index (χ3n) is 2.20. The fourth-order valence-electron chi connectivity index (χ4n) is 1.33. The molecule has 0 bridgehead atoms. The Kier molecular flexibility index (Phi) is 3.15. The Labute approximate surface area is 104 Å². The Morgan fingerprint density at radius 2 is 1.94 bits per heavy atom. The number of nitrogens with two attached hydrogens (primary N) is 1. The van der Waals surface area contributed by atoms with E-state index >= 15 is 0 Å². The number of nitrogens with zero attached hydrogens (tertiary/aromatic N) is 1. The zero-order valence-electron chi connectivity index (χ0n) is 9.17. The molecule has 1 aromatic heterocycles. The van der Waals surface area contributed by atoms with Crippen LogP contribution in [0.1, 0.15) is 0 Å². The first-order valence-corrected chi connectivity index (χ1v) is 6.45. The Morgan fingerprint density at radius 1 is 1.22 bits per heavy atom. The first-order chi connectivity index (χ1) is 8.49. The average Bonchev–Trinajstić information content (AvgIpc) is 2.32. The molecule has 1 heterocycles. The minimum Gasteiger partial charge on any atom is -0.397 e. The molecule has 94 valence electrons. The van der Waals surface area contributed by atoms with Crippen molar-refractivity contribution in [2.24, 2.45) is 0 Å². The van der Waals surface area contributed by atoms with Crippen molar-refractivity contribution < 1.29 is 12.8 Å². The maximum Gasteiger partial charge on any atom is 0.263 e. The lowest BCUT2D eigenvalue weighted by Crippen LogP contribution is -2.14. The number of nitrogen functional groups attached to an aromatic ring is 1. The third kappa shape index (κ3) is 2.57. The Morgan fingerprint density at radius 3 is 2.61 bits per heavy atom. The second-order valence-corrected chi connectivity index (χ2v) is 5.21. The highest BCUT2D eigenvalue weighted by Crippen LogP contribution is 2.21. The van der Waals surface area contributed by atoms with Gasteiger partial charge in [0.25, 0.3) is 10.0 Å². The van der Waals surface area contributed by atoms with Gasteiger partial charge in [0, 0.05) is 6.20 Å². The van der Waals surface area contributed by atoms with E-state index in [0.717, 1.165) is 18.5 Å². The summed E-state index contributed by atoms with van der Waals surface area (Å²) in [5, 5.41) is 0. The molecule has 1 aromatic carbocycles. The average molecular weight is 267 g/mol. The van der Waals surface area contributed by atoms with Crippen LogP contribution in [-0.2, 0) is 10.0 Å². The molecule has 5 nitrogen and oxygen atoms in total. The topological polar surface area (TPSA) is 85.1 Å². The molecule has 0 radical (unpaired) electrons. The summed E-state index contributed by atoms with van der Waals surface area (Å²) in [4.78, 5) is 3.23. The van der Waals surface area contributed by atoms with Crippen molar-refractivity contribution in [3.05, 3.63) is 48.5 Å². The van der Waals surface area contributed by atoms with E-state index in [0.29, 0.717) is 0 Å². The van der Waals surface area contributed by atoms with Crippen molar-refractivity contribution >= 4 is 21.4 Å². The number of hydrogen-bond acceptors (Lipinski definition) is 4. The predicted octanol–water partition coefficient (Wildman–Crippen LogP) is 1.60. The number of halogens is 1. The number of nitrogens with one attached hydrogen (secondary N) is 1. The van der Waals surface area contributed by atoms with Crippen molar-refractivity contribution in [3.63, 3.8) is 0 Å². The maximum absolute atomic E-state index is 12.9. The van der Waals surface area contributed by atoms with Gasteiger partial charge in [-0.05, 0) is 18.2 Å². The highest BCUT2D eigenvalue weighted by molar-refractivity contribution is 7.92. The summed E-state index contributed by atoms with van der Waals surface area (Å²) >= 11 is 0. The minimum absolute atomic E-state index is 0.238. The van der Waals surface area contributed by atoms with Gasteiger partial charge in [-0.1, -0.05) is 12.1 Å². The van der Waals surface area contributed by atoms with Gasteiger partial charge >= 0.3 is 0 Å². The number of anilines is 2. The fraction of sp³-hybridized carbons (Fsp3) is 0. The largest absolute Gasteiger partial charge is 0.397 e. The molecule has 2 rings (SSSR count). The lowest BCUT2D eigenvalue weighted by molar-refractivity contribution is 0.592. The van der Waals surface area contributed by atoms with Gasteiger partial charge in [0.05, 0.1) is 17.6 Å². The summed E-state index contributed by atoms with van der Waals surface area (Å²) in [6.45, 7) is 0. The Hall–Kier alpha value is -2.15. The number of benzene rings is 1. The first kappa shape index (κ1) is 12.3. The van der Waals surface area contributed by atoms with Crippen LogP contribution in [0, 0.1) is 5.82 Å². The minimum atomic E-state index is -3.89. The van der Waals surface area contributed by atoms with Crippen LogP contribution in [0.25, 0.3) is 0 Å². The smallest absolute Gasteiger partial charge is 0.263 e. The highest BCUT2D eigenvalue weighted by atomic mass is 32.2. The monoisotopic (exact) mass is 267 g/mol. The first-order valence-electron chi connectivity index (χ1n) is 4.97. The van der Waals surface area contributed by atoms with E-state index in [1.54, 1.807) is 18.2 Å². The summed E-state index contributed by atoms with van der Waals surface area (Å²) in [5.41, 5.74) is 6.14. The zero-order chi connectivity index (χ0) is 13.2. The van der Waals surface area contributed by atoms with Gasteiger partial charge in [-0.2, -0.15) is 0 Å². The van der Waals surface area contributed by atoms with Gasteiger partial charge in [-0.15, -0.1) is 0 Å². The van der Waals surface area contributed by atoms with Crippen molar-refractivity contribution in [2.75, 3.05) is 10.5 Å². The molecule has 2 aromatic rings. The van der Waals surface area contributed by atoms with Crippen LogP contribution in [0.5, 0.6) is 0 Å². The molecule has 0 unspecified atom stereocenters. The molecule has 3 N–H and O–H groups in total. The molecule has 18 heavy (non-hydrogen) atoms. The number of sulfonamides is 1. The van der Waals surface area contributed by atoms with Crippen molar-refractivity contribution in [2.45, 2.75) is 4.90 Å². The highest BCUT2D eigenvalue weighted by Gasteiger charge is 2.16. The number of pyridine rings is 1. The van der Waals surface area contributed by atoms with Crippen LogP contribution in [-0.4, -0.2) is 13.4 Å². The molecule has 0 aliphatic rings. The molecule has 0 spiro atoms. The molecular formula is C11H10FN3O2S. The third-order valence-corrected chi connectivity index (χ3v) is 3.53. The van der Waals surface area contributed by atoms with E-state index < -0.39 is 15.8 Å². The van der Waals surface area contributed by atoms with E-state index in [1.165, 1.54) is 6.07 Å². The quantitative estimate of drug-likeness (QED) is 0.827. The molecule has 0 aliphatic carbocycles. The lowest BCUT2D eigenvalue weighted by atomic mass is 10.3. The molecule has 7 heteroatoms. The number of aromatic nitrogens is 1. The number of para-hydroxylation sites is 2. The van der Waals surface area contributed by atoms with Gasteiger partial charge in [-0.3, -0.25) is 9.71 Å². The van der Waals surface area contributed by atoms with Crippen LogP contribution in [0.15, 0.2) is 47.6 Å². The summed E-state index contributed by atoms with van der Waals surface area (Å²) in [5.74, 6) is -0.723. The van der Waals surface area contributed by atoms with E-state index in [-0.39, 0.29) is 16.3 Å². The van der Waals surface area contributed by atoms with Gasteiger partial charge in [0.15, 0.2) is 0 Å². The van der Waals surface area contributed by atoms with Gasteiger partial charge in [-0.25, -0.2) is 12.8 Å². The van der Waals surface area contributed by atoms with E-state index in [2.05, 4.69) is 9.71 Å². The fourth-order valence-corrected chi connectivity index (χ4v) is 2.39. The Bertz CT molecular complexity index is 673. The number of hydrogen-bond donors (Lipinski definition) is 2. The van der Waals surface area contributed by atoms with Crippen LogP contribution in [0.2, 0.25) is 0 Å². The van der Waals surface area contributed by atoms with Gasteiger partial charge in [0.2, 0.25) is 0 Å². The zero-order valence-corrected chi connectivity index (χ0v) is 9.99. The number of rotatable bonds is 3. The summed E-state index contributed by atoms with van der Waals surface area (Å²) in [6.07, 6.45) is 1.99. The van der Waals surface area contributed by atoms with E-state index in [4.69, 9.17) is 5.73 Å². The summed E-state index contributed by atoms with van der Waals surface area (Å²) in [6, 6.07) is 7.27. The van der Waals surface area contributed by atoms with Gasteiger partial charge in [0.1, 0.15) is 10.7 Å². The molecule has 0 amide bonds. The maximum atomic E-state index is 12.9. The van der Waals surface area contributed by atoms with Crippen LogP contribution < -0.4 is 10.5 Å². The van der Waals surface area contributed by atoms with E-state index in [9.17, 15) is 12.8 Å². The van der Waals surface area contributed by atoms with Crippen molar-refractivity contribution in [1.82, 2.24) is 4.98 Å². The molecule has 0 atom stereocenters. The molecule has 0 aliphatic heterocycles. The van der Waals surface area contributed by atoms with Crippen molar-refractivity contribution in [3.8, 4) is 0 Å². The molecule has 0 saturated carbocycles. The normalized spacial score (nSPS) is 11.2. The Balaban J connectivity index is 2.37. The van der Waals surface area contributed by atoms with Crippen LogP contribution in [0.4, 0.5) is 15.8 Å². The second kappa shape index (κ2) is 4.61. The van der Waals surface area contributed by atoms with Crippen molar-refractivity contribution in [1.29, 1.82) is 0 Å². The second-order valence-electron chi connectivity index (χ2n) is 3.53. The summed E-state index contributed by atoms with van der Waals surface area (Å²) in [7, 11) is -3.89. The van der Waals surface area contributed by atoms with E-state index in [1.807, 2.05) is 0 Å². The standard InChI is InChI=1S/C11H10FN3O2S/c12-8-5-9(7-14-6-8)18(16,17)15-11-4-2-1-3-10(11)13/h1-7,15H,13H2. The predicted molar refractivity (Wildman–Crippen MR) is 65.9 cm³/mol. The summed E-state index contributed by atoms with van der Waals surface area (Å²) < 4.78 is 39.1. The molecule has 0 fully saturated rings. The van der Waals surface area contributed by atoms with Gasteiger partial charge < -0.3 is 5.73 Å². The van der Waals surface area contributed by atoms with Crippen LogP contribution in [0.3, 0.4) is 0 Å². The molecule has 0 saturated heterocycles. The van der Waals surface area contributed by atoms with Crippen LogP contribution >= 0.6 is 0 Å². The molecular weight excluding hydrogens is 257 g/mol. The lowest BCUT2D eigenvalue weighted by Gasteiger charge is -2.09. The SMILES string of the molecule is Nc1ccccc1NS(=O)(=O)c1cncc(F)c1.